The molecule has 0 aromatic heterocycles. The third-order valence-corrected chi connectivity index (χ3v) is 5.16. The molecule has 8 nitrogen and oxygen atoms in total. The predicted molar refractivity (Wildman–Crippen MR) is 113 cm³/mol. The molecule has 0 unspecified atom stereocenters. The van der Waals surface area contributed by atoms with Crippen LogP contribution in [0.3, 0.4) is 0 Å². The number of hydrogen-bond donors (Lipinski definition) is 1. The zero-order valence-corrected chi connectivity index (χ0v) is 16.9. The lowest BCUT2D eigenvalue weighted by Gasteiger charge is -2.36. The van der Waals surface area contributed by atoms with E-state index in [9.17, 15) is 14.9 Å². The van der Waals surface area contributed by atoms with E-state index in [0.717, 1.165) is 5.69 Å². The summed E-state index contributed by atoms with van der Waals surface area (Å²) in [5.74, 6) is -0.0825. The lowest BCUT2D eigenvalue weighted by Crippen LogP contribution is -2.48. The zero-order valence-electron chi connectivity index (χ0n) is 16.1. The molecule has 1 amide bonds. The highest BCUT2D eigenvalue weighted by molar-refractivity contribution is 6.33. The SMILES string of the molecule is COCCNc1cc(N2CCN(C(=O)c3ccccc3Cl)CC2)ccc1[N+](=O)[O-]. The number of nitro benzene ring substituents is 1. The minimum atomic E-state index is -0.404. The van der Waals surface area contributed by atoms with Crippen molar-refractivity contribution in [2.75, 3.05) is 56.7 Å². The highest BCUT2D eigenvalue weighted by atomic mass is 35.5. The topological polar surface area (TPSA) is 88.0 Å². The van der Waals surface area contributed by atoms with Crippen LogP contribution in [0, 0.1) is 10.1 Å². The molecule has 0 saturated carbocycles. The van der Waals surface area contributed by atoms with E-state index < -0.39 is 4.92 Å². The zero-order chi connectivity index (χ0) is 20.8. The largest absolute Gasteiger partial charge is 0.383 e. The van der Waals surface area contributed by atoms with Gasteiger partial charge in [0.05, 0.1) is 22.1 Å². The van der Waals surface area contributed by atoms with Gasteiger partial charge in [0.15, 0.2) is 0 Å². The average Bonchev–Trinajstić information content (AvgIpc) is 2.74. The molecule has 1 N–H and O–H groups in total. The number of benzene rings is 2. The number of carbonyl (C=O) groups excluding carboxylic acids is 1. The Hall–Kier alpha value is -2.84. The molecule has 9 heteroatoms. The first-order valence-electron chi connectivity index (χ1n) is 9.31. The molecule has 0 spiro atoms. The van der Waals surface area contributed by atoms with Crippen molar-refractivity contribution < 1.29 is 14.5 Å². The van der Waals surface area contributed by atoms with Gasteiger partial charge in [0.25, 0.3) is 11.6 Å². The molecule has 1 heterocycles. The Kier molecular flexibility index (Phi) is 6.90. The fourth-order valence-electron chi connectivity index (χ4n) is 3.28. The van der Waals surface area contributed by atoms with Crippen LogP contribution >= 0.6 is 11.6 Å². The van der Waals surface area contributed by atoms with Crippen LogP contribution < -0.4 is 10.2 Å². The van der Waals surface area contributed by atoms with Gasteiger partial charge in [-0.2, -0.15) is 0 Å². The Morgan fingerprint density at radius 2 is 1.93 bits per heavy atom. The summed E-state index contributed by atoms with van der Waals surface area (Å²) in [6.07, 6.45) is 0. The molecule has 2 aromatic carbocycles. The minimum absolute atomic E-state index is 0.0254. The first-order valence-corrected chi connectivity index (χ1v) is 9.69. The number of halogens is 1. The molecule has 1 fully saturated rings. The van der Waals surface area contributed by atoms with Crippen LogP contribution in [-0.2, 0) is 4.74 Å². The first kappa shape index (κ1) is 20.9. The Morgan fingerprint density at radius 1 is 1.21 bits per heavy atom. The van der Waals surface area contributed by atoms with E-state index in [-0.39, 0.29) is 11.6 Å². The van der Waals surface area contributed by atoms with Crippen molar-refractivity contribution >= 4 is 34.6 Å². The maximum Gasteiger partial charge on any atom is 0.292 e. The van der Waals surface area contributed by atoms with Gasteiger partial charge in [-0.1, -0.05) is 23.7 Å². The highest BCUT2D eigenvalue weighted by Gasteiger charge is 2.24. The van der Waals surface area contributed by atoms with E-state index in [1.807, 2.05) is 0 Å². The predicted octanol–water partition coefficient (Wildman–Crippen LogP) is 3.27. The summed E-state index contributed by atoms with van der Waals surface area (Å²) in [7, 11) is 1.58. The second-order valence-electron chi connectivity index (χ2n) is 6.64. The van der Waals surface area contributed by atoms with Crippen molar-refractivity contribution in [3.8, 4) is 0 Å². The number of nitro groups is 1. The van der Waals surface area contributed by atoms with Crippen LogP contribution in [0.15, 0.2) is 42.5 Å². The van der Waals surface area contributed by atoms with Gasteiger partial charge in [-0.25, -0.2) is 0 Å². The van der Waals surface area contributed by atoms with E-state index in [1.165, 1.54) is 6.07 Å². The van der Waals surface area contributed by atoms with E-state index in [0.29, 0.717) is 55.6 Å². The smallest absolute Gasteiger partial charge is 0.292 e. The van der Waals surface area contributed by atoms with Crippen molar-refractivity contribution in [2.24, 2.45) is 0 Å². The van der Waals surface area contributed by atoms with Gasteiger partial charge in [0.2, 0.25) is 0 Å². The van der Waals surface area contributed by atoms with Crippen molar-refractivity contribution in [2.45, 2.75) is 0 Å². The molecule has 1 saturated heterocycles. The first-order chi connectivity index (χ1) is 14.0. The fraction of sp³-hybridized carbons (Fsp3) is 0.350. The van der Waals surface area contributed by atoms with E-state index in [4.69, 9.17) is 16.3 Å². The number of nitrogens with one attached hydrogen (secondary N) is 1. The number of methoxy groups -OCH3 is 1. The molecule has 1 aliphatic rings. The average molecular weight is 419 g/mol. The van der Waals surface area contributed by atoms with Crippen molar-refractivity contribution in [3.05, 3.63) is 63.2 Å². The number of nitrogens with zero attached hydrogens (tertiary/aromatic N) is 3. The van der Waals surface area contributed by atoms with Crippen molar-refractivity contribution in [1.82, 2.24) is 4.90 Å². The van der Waals surface area contributed by atoms with Gasteiger partial charge < -0.3 is 19.9 Å². The van der Waals surface area contributed by atoms with Gasteiger partial charge in [0, 0.05) is 51.6 Å². The minimum Gasteiger partial charge on any atom is -0.383 e. The van der Waals surface area contributed by atoms with E-state index in [1.54, 1.807) is 48.4 Å². The lowest BCUT2D eigenvalue weighted by atomic mass is 10.1. The van der Waals surface area contributed by atoms with Gasteiger partial charge in [-0.05, 0) is 24.3 Å². The quantitative estimate of drug-likeness (QED) is 0.422. The summed E-state index contributed by atoms with van der Waals surface area (Å²) in [4.78, 5) is 27.5. The van der Waals surface area contributed by atoms with Crippen LogP contribution in [0.5, 0.6) is 0 Å². The molecule has 0 radical (unpaired) electrons. The van der Waals surface area contributed by atoms with E-state index >= 15 is 0 Å². The Morgan fingerprint density at radius 3 is 2.59 bits per heavy atom. The molecular weight excluding hydrogens is 396 g/mol. The number of ether oxygens (including phenoxy) is 1. The van der Waals surface area contributed by atoms with Crippen LogP contribution in [0.25, 0.3) is 0 Å². The molecular formula is C20H23ClN4O4. The third kappa shape index (κ3) is 4.96. The molecule has 0 atom stereocenters. The second-order valence-corrected chi connectivity index (χ2v) is 7.04. The molecule has 29 heavy (non-hydrogen) atoms. The monoisotopic (exact) mass is 418 g/mol. The number of carbonyl (C=O) groups is 1. The summed E-state index contributed by atoms with van der Waals surface area (Å²) in [5, 5.41) is 14.8. The van der Waals surface area contributed by atoms with Crippen LogP contribution in [0.2, 0.25) is 5.02 Å². The molecule has 3 rings (SSSR count). The molecule has 154 valence electrons. The van der Waals surface area contributed by atoms with Gasteiger partial charge >= 0.3 is 0 Å². The fourth-order valence-corrected chi connectivity index (χ4v) is 3.50. The standard InChI is InChI=1S/C20H23ClN4O4/c1-29-13-8-22-18-14-15(6-7-19(18)25(27)28)23-9-11-24(12-10-23)20(26)16-4-2-3-5-17(16)21/h2-7,14,22H,8-13H2,1H3. The van der Waals surface area contributed by atoms with Crippen LogP contribution in [0.1, 0.15) is 10.4 Å². The van der Waals surface area contributed by atoms with Crippen LogP contribution in [0.4, 0.5) is 17.1 Å². The third-order valence-electron chi connectivity index (χ3n) is 4.83. The number of piperazine rings is 1. The molecule has 1 aliphatic heterocycles. The highest BCUT2D eigenvalue weighted by Crippen LogP contribution is 2.30. The van der Waals surface area contributed by atoms with Crippen molar-refractivity contribution in [3.63, 3.8) is 0 Å². The maximum atomic E-state index is 12.7. The van der Waals surface area contributed by atoms with Gasteiger partial charge in [0.1, 0.15) is 5.69 Å². The Balaban J connectivity index is 1.68. The summed E-state index contributed by atoms with van der Waals surface area (Å²) < 4.78 is 5.00. The summed E-state index contributed by atoms with van der Waals surface area (Å²) in [6.45, 7) is 3.28. The van der Waals surface area contributed by atoms with Gasteiger partial charge in [-0.3, -0.25) is 14.9 Å². The summed E-state index contributed by atoms with van der Waals surface area (Å²) in [6, 6.07) is 12.1. The van der Waals surface area contributed by atoms with Crippen molar-refractivity contribution in [1.29, 1.82) is 0 Å². The summed E-state index contributed by atoms with van der Waals surface area (Å²) >= 11 is 6.14. The Labute approximate surface area is 174 Å². The number of amides is 1. The lowest BCUT2D eigenvalue weighted by molar-refractivity contribution is -0.383. The molecule has 0 bridgehead atoms. The maximum absolute atomic E-state index is 12.7. The Bertz CT molecular complexity index is 885. The van der Waals surface area contributed by atoms with Gasteiger partial charge in [-0.15, -0.1) is 0 Å². The normalized spacial score (nSPS) is 14.0. The summed E-state index contributed by atoms with van der Waals surface area (Å²) in [5.41, 5.74) is 1.86. The number of hydrogen-bond acceptors (Lipinski definition) is 6. The number of anilines is 2. The second kappa shape index (κ2) is 9.58. The molecule has 0 aliphatic carbocycles. The van der Waals surface area contributed by atoms with E-state index in [2.05, 4.69) is 10.2 Å². The number of rotatable bonds is 7. The molecule has 2 aromatic rings. The van der Waals surface area contributed by atoms with Crippen LogP contribution in [-0.4, -0.2) is 62.2 Å².